The number of amides is 3. The van der Waals surface area contributed by atoms with E-state index in [1.807, 2.05) is 0 Å². The summed E-state index contributed by atoms with van der Waals surface area (Å²) in [5.74, 6) is -0.689. The average molecular weight is 484 g/mol. The van der Waals surface area contributed by atoms with Gasteiger partial charge < -0.3 is 19.5 Å². The second-order valence-electron chi connectivity index (χ2n) is 6.84. The van der Waals surface area contributed by atoms with Crippen molar-refractivity contribution in [3.63, 3.8) is 0 Å². The van der Waals surface area contributed by atoms with Gasteiger partial charge in [-0.25, -0.2) is 0 Å². The molecule has 34 heavy (non-hydrogen) atoms. The van der Waals surface area contributed by atoms with E-state index in [9.17, 15) is 14.4 Å². The summed E-state index contributed by atoms with van der Waals surface area (Å²) in [4.78, 5) is 37.6. The predicted octanol–water partition coefficient (Wildman–Crippen LogP) is 3.69. The van der Waals surface area contributed by atoms with Gasteiger partial charge in [0, 0.05) is 16.8 Å². The summed E-state index contributed by atoms with van der Waals surface area (Å²) in [7, 11) is 4.31. The molecule has 176 valence electrons. The molecule has 0 atom stereocenters. The van der Waals surface area contributed by atoms with Crippen LogP contribution in [0.2, 0.25) is 5.02 Å². The molecule has 0 aliphatic rings. The number of benzene rings is 3. The number of halogens is 1. The SMILES string of the molecule is COc1cc(C(=O)NNC(=O)c2cccc(NC(=O)c3ccccc3Cl)c2)cc(OC)c1OC. The number of methoxy groups -OCH3 is 3. The van der Waals surface area contributed by atoms with Crippen LogP contribution in [0.25, 0.3) is 0 Å². The summed E-state index contributed by atoms with van der Waals surface area (Å²) >= 11 is 6.06. The standard InChI is InChI=1S/C24H22ClN3O6/c1-32-19-12-15(13-20(33-2)21(19)34-3)23(30)28-27-22(29)14-7-6-8-16(11-14)26-24(31)17-9-4-5-10-18(17)25/h4-13H,1-3H3,(H,26,31)(H,27,29)(H,28,30). The normalized spacial score (nSPS) is 10.1. The lowest BCUT2D eigenvalue weighted by atomic mass is 10.1. The van der Waals surface area contributed by atoms with Gasteiger partial charge in [-0.2, -0.15) is 0 Å². The molecule has 9 nitrogen and oxygen atoms in total. The molecule has 0 saturated heterocycles. The van der Waals surface area contributed by atoms with Crippen molar-refractivity contribution in [3.05, 3.63) is 82.4 Å². The summed E-state index contributed by atoms with van der Waals surface area (Å²) < 4.78 is 15.7. The van der Waals surface area contributed by atoms with Crippen molar-refractivity contribution in [3.8, 4) is 17.2 Å². The second-order valence-corrected chi connectivity index (χ2v) is 7.24. The first-order valence-corrected chi connectivity index (χ1v) is 10.3. The maximum Gasteiger partial charge on any atom is 0.269 e. The van der Waals surface area contributed by atoms with Gasteiger partial charge in [-0.05, 0) is 42.5 Å². The van der Waals surface area contributed by atoms with E-state index in [0.717, 1.165) is 0 Å². The number of hydrogen-bond donors (Lipinski definition) is 3. The maximum absolute atomic E-state index is 12.6. The molecule has 0 bridgehead atoms. The Morgan fingerprint density at radius 3 is 1.91 bits per heavy atom. The number of carbonyl (C=O) groups excluding carboxylic acids is 3. The van der Waals surface area contributed by atoms with Crippen LogP contribution in [0.1, 0.15) is 31.1 Å². The van der Waals surface area contributed by atoms with Crippen molar-refractivity contribution < 1.29 is 28.6 Å². The molecule has 0 fully saturated rings. The van der Waals surface area contributed by atoms with E-state index in [1.54, 1.807) is 36.4 Å². The smallest absolute Gasteiger partial charge is 0.269 e. The maximum atomic E-state index is 12.6. The Hall–Kier alpha value is -4.24. The number of hydrazine groups is 1. The number of rotatable bonds is 7. The third kappa shape index (κ3) is 5.57. The van der Waals surface area contributed by atoms with Crippen LogP contribution >= 0.6 is 11.6 Å². The molecule has 0 saturated carbocycles. The molecule has 3 aromatic carbocycles. The summed E-state index contributed by atoms with van der Waals surface area (Å²) in [5.41, 5.74) is 5.74. The fourth-order valence-corrected chi connectivity index (χ4v) is 3.27. The first kappa shape index (κ1) is 24.4. The van der Waals surface area contributed by atoms with Crippen LogP contribution in [0, 0.1) is 0 Å². The Labute approximate surface area is 200 Å². The van der Waals surface area contributed by atoms with E-state index < -0.39 is 17.7 Å². The van der Waals surface area contributed by atoms with Gasteiger partial charge in [0.15, 0.2) is 11.5 Å². The van der Waals surface area contributed by atoms with Crippen molar-refractivity contribution in [2.24, 2.45) is 0 Å². The number of carbonyl (C=O) groups is 3. The molecule has 3 aromatic rings. The molecule has 0 heterocycles. The zero-order valence-electron chi connectivity index (χ0n) is 18.6. The van der Waals surface area contributed by atoms with Gasteiger partial charge in [0.05, 0.1) is 31.9 Å². The zero-order valence-corrected chi connectivity index (χ0v) is 19.4. The second kappa shape index (κ2) is 11.1. The molecule has 10 heteroatoms. The summed E-state index contributed by atoms with van der Waals surface area (Å²) in [6, 6.07) is 15.7. The van der Waals surface area contributed by atoms with Gasteiger partial charge in [0.25, 0.3) is 17.7 Å². The van der Waals surface area contributed by atoms with Crippen LogP contribution in [-0.2, 0) is 0 Å². The van der Waals surface area contributed by atoms with E-state index in [4.69, 9.17) is 25.8 Å². The molecule has 0 aliphatic heterocycles. The Balaban J connectivity index is 1.68. The minimum Gasteiger partial charge on any atom is -0.493 e. The largest absolute Gasteiger partial charge is 0.493 e. The third-order valence-corrected chi connectivity index (χ3v) is 5.05. The van der Waals surface area contributed by atoms with E-state index in [0.29, 0.717) is 33.5 Å². The van der Waals surface area contributed by atoms with Crippen molar-refractivity contribution in [2.75, 3.05) is 26.6 Å². The monoisotopic (exact) mass is 483 g/mol. The highest BCUT2D eigenvalue weighted by Crippen LogP contribution is 2.38. The van der Waals surface area contributed by atoms with Crippen molar-refractivity contribution in [2.45, 2.75) is 0 Å². The fourth-order valence-electron chi connectivity index (χ4n) is 3.05. The Morgan fingerprint density at radius 2 is 1.32 bits per heavy atom. The summed E-state index contributed by atoms with van der Waals surface area (Å²) in [6.07, 6.45) is 0. The lowest BCUT2D eigenvalue weighted by Gasteiger charge is -2.14. The van der Waals surface area contributed by atoms with Gasteiger partial charge in [0.2, 0.25) is 5.75 Å². The van der Waals surface area contributed by atoms with Crippen LogP contribution in [0.3, 0.4) is 0 Å². The van der Waals surface area contributed by atoms with E-state index >= 15 is 0 Å². The number of nitrogens with one attached hydrogen (secondary N) is 3. The van der Waals surface area contributed by atoms with Gasteiger partial charge in [-0.3, -0.25) is 25.2 Å². The highest BCUT2D eigenvalue weighted by atomic mass is 35.5. The zero-order chi connectivity index (χ0) is 24.7. The quantitative estimate of drug-likeness (QED) is 0.441. The molecular formula is C24H22ClN3O6. The first-order chi connectivity index (χ1) is 16.4. The third-order valence-electron chi connectivity index (χ3n) is 4.72. The van der Waals surface area contributed by atoms with Crippen LogP contribution < -0.4 is 30.4 Å². The fraction of sp³-hybridized carbons (Fsp3) is 0.125. The highest BCUT2D eigenvalue weighted by Gasteiger charge is 2.18. The Morgan fingerprint density at radius 1 is 0.706 bits per heavy atom. The molecule has 0 spiro atoms. The van der Waals surface area contributed by atoms with Gasteiger partial charge in [-0.1, -0.05) is 29.8 Å². The minimum absolute atomic E-state index is 0.176. The summed E-state index contributed by atoms with van der Waals surface area (Å²) in [6.45, 7) is 0. The number of ether oxygens (including phenoxy) is 3. The van der Waals surface area contributed by atoms with Crippen molar-refractivity contribution in [1.29, 1.82) is 0 Å². The predicted molar refractivity (Wildman–Crippen MR) is 127 cm³/mol. The lowest BCUT2D eigenvalue weighted by Crippen LogP contribution is -2.41. The van der Waals surface area contributed by atoms with Crippen LogP contribution in [0.5, 0.6) is 17.2 Å². The molecule has 0 unspecified atom stereocenters. The van der Waals surface area contributed by atoms with Crippen molar-refractivity contribution in [1.82, 2.24) is 10.9 Å². The Bertz CT molecular complexity index is 1210. The van der Waals surface area contributed by atoms with Gasteiger partial charge >= 0.3 is 0 Å². The molecule has 3 N–H and O–H groups in total. The molecule has 0 radical (unpaired) electrons. The van der Waals surface area contributed by atoms with Crippen molar-refractivity contribution >= 4 is 35.0 Å². The van der Waals surface area contributed by atoms with Gasteiger partial charge in [-0.15, -0.1) is 0 Å². The Kier molecular flexibility index (Phi) is 7.94. The van der Waals surface area contributed by atoms with Crippen LogP contribution in [-0.4, -0.2) is 39.1 Å². The number of hydrogen-bond acceptors (Lipinski definition) is 6. The molecule has 3 amide bonds. The van der Waals surface area contributed by atoms with Gasteiger partial charge in [0.1, 0.15) is 0 Å². The molecular weight excluding hydrogens is 462 g/mol. The number of anilines is 1. The molecule has 0 aliphatic carbocycles. The van der Waals surface area contributed by atoms with Crippen LogP contribution in [0.4, 0.5) is 5.69 Å². The van der Waals surface area contributed by atoms with Crippen LogP contribution in [0.15, 0.2) is 60.7 Å². The minimum atomic E-state index is -0.601. The van der Waals surface area contributed by atoms with E-state index in [-0.39, 0.29) is 11.1 Å². The lowest BCUT2D eigenvalue weighted by molar-refractivity contribution is 0.0846. The molecule has 3 rings (SSSR count). The average Bonchev–Trinajstić information content (AvgIpc) is 2.86. The topological polar surface area (TPSA) is 115 Å². The summed E-state index contributed by atoms with van der Waals surface area (Å²) in [5, 5.41) is 3.00. The van der Waals surface area contributed by atoms with E-state index in [1.165, 1.54) is 45.6 Å². The molecule has 0 aromatic heterocycles. The highest BCUT2D eigenvalue weighted by molar-refractivity contribution is 6.34. The first-order valence-electron chi connectivity index (χ1n) is 9.94. The van der Waals surface area contributed by atoms with E-state index in [2.05, 4.69) is 16.2 Å².